The Morgan fingerprint density at radius 3 is 2.67 bits per heavy atom. The number of aliphatic hydroxyl groups is 1. The van der Waals surface area contributed by atoms with Gasteiger partial charge in [0.15, 0.2) is 0 Å². The van der Waals surface area contributed by atoms with Crippen LogP contribution >= 0.6 is 11.3 Å². The normalized spacial score (nSPS) is 11.9. The first kappa shape index (κ1) is 13.3. The van der Waals surface area contributed by atoms with Crippen LogP contribution in [0.1, 0.15) is 15.5 Å². The molecular weight excluding hydrogens is 274 g/mol. The Kier molecular flexibility index (Phi) is 3.86. The van der Waals surface area contributed by atoms with E-state index in [1.54, 1.807) is 0 Å². The second-order valence-electron chi connectivity index (χ2n) is 3.72. The molecule has 2 aromatic rings. The molecule has 0 saturated carbocycles. The van der Waals surface area contributed by atoms with E-state index in [0.717, 1.165) is 9.75 Å². The van der Waals surface area contributed by atoms with E-state index in [1.165, 1.54) is 23.5 Å². The average molecular weight is 287 g/mol. The van der Waals surface area contributed by atoms with Gasteiger partial charge in [0.1, 0.15) is 12.4 Å². The predicted molar refractivity (Wildman–Crippen MR) is 67.7 cm³/mol. The number of sulfonamides is 1. The first-order chi connectivity index (χ1) is 8.51. The van der Waals surface area contributed by atoms with Crippen LogP contribution in [0.5, 0.6) is 0 Å². The van der Waals surface area contributed by atoms with Gasteiger partial charge < -0.3 is 9.52 Å². The number of aliphatic hydroxyl groups excluding tert-OH is 1. The van der Waals surface area contributed by atoms with Crippen LogP contribution in [0.25, 0.3) is 0 Å². The summed E-state index contributed by atoms with van der Waals surface area (Å²) >= 11 is 1.54. The summed E-state index contributed by atoms with van der Waals surface area (Å²) in [5.41, 5.74) is 0. The van der Waals surface area contributed by atoms with Crippen molar-refractivity contribution in [2.75, 3.05) is 0 Å². The van der Waals surface area contributed by atoms with Crippen molar-refractivity contribution in [2.24, 2.45) is 0 Å². The molecule has 2 aromatic heterocycles. The summed E-state index contributed by atoms with van der Waals surface area (Å²) in [5, 5.41) is 8.64. The Balaban J connectivity index is 2.07. The zero-order valence-electron chi connectivity index (χ0n) is 9.71. The third kappa shape index (κ3) is 2.99. The molecule has 0 spiro atoms. The van der Waals surface area contributed by atoms with E-state index in [1.807, 2.05) is 19.1 Å². The van der Waals surface area contributed by atoms with Gasteiger partial charge in [-0.1, -0.05) is 0 Å². The summed E-state index contributed by atoms with van der Waals surface area (Å²) in [5.74, 6) is 0.224. The zero-order chi connectivity index (χ0) is 13.2. The quantitative estimate of drug-likeness (QED) is 0.876. The van der Waals surface area contributed by atoms with Crippen LogP contribution in [-0.2, 0) is 23.2 Å². The van der Waals surface area contributed by atoms with Crippen LogP contribution in [0.2, 0.25) is 0 Å². The Bertz CT molecular complexity index is 627. The van der Waals surface area contributed by atoms with E-state index in [2.05, 4.69) is 4.72 Å². The molecule has 0 amide bonds. The molecule has 2 heterocycles. The monoisotopic (exact) mass is 287 g/mol. The number of nitrogens with one attached hydrogen (secondary N) is 1. The lowest BCUT2D eigenvalue weighted by Gasteiger charge is -2.02. The molecule has 2 N–H and O–H groups in total. The fraction of sp³-hybridized carbons (Fsp3) is 0.273. The maximum Gasteiger partial charge on any atom is 0.274 e. The minimum Gasteiger partial charge on any atom is -0.446 e. The minimum absolute atomic E-state index is 0.181. The molecule has 0 aliphatic rings. The van der Waals surface area contributed by atoms with E-state index in [0.29, 0.717) is 0 Å². The third-order valence-corrected chi connectivity index (χ3v) is 4.56. The molecular formula is C11H13NO4S2. The first-order valence-electron chi connectivity index (χ1n) is 5.26. The number of aryl methyl sites for hydroxylation is 1. The van der Waals surface area contributed by atoms with Crippen molar-refractivity contribution in [2.45, 2.75) is 25.2 Å². The number of hydrogen-bond acceptors (Lipinski definition) is 5. The van der Waals surface area contributed by atoms with Crippen LogP contribution in [0.15, 0.2) is 33.8 Å². The van der Waals surface area contributed by atoms with Crippen LogP contribution < -0.4 is 4.72 Å². The molecule has 0 aromatic carbocycles. The highest BCUT2D eigenvalue weighted by molar-refractivity contribution is 7.89. The van der Waals surface area contributed by atoms with Crippen molar-refractivity contribution in [1.29, 1.82) is 0 Å². The Morgan fingerprint density at radius 2 is 2.11 bits per heavy atom. The van der Waals surface area contributed by atoms with Gasteiger partial charge in [-0.2, -0.15) is 0 Å². The number of furan rings is 1. The van der Waals surface area contributed by atoms with E-state index < -0.39 is 10.0 Å². The van der Waals surface area contributed by atoms with Gasteiger partial charge >= 0.3 is 0 Å². The van der Waals surface area contributed by atoms with Crippen molar-refractivity contribution in [1.82, 2.24) is 4.72 Å². The molecule has 0 aliphatic carbocycles. The lowest BCUT2D eigenvalue weighted by atomic mass is 10.4. The topological polar surface area (TPSA) is 79.5 Å². The Labute approximate surface area is 109 Å². The maximum atomic E-state index is 11.9. The van der Waals surface area contributed by atoms with Crippen LogP contribution in [0.4, 0.5) is 0 Å². The molecule has 2 rings (SSSR count). The lowest BCUT2D eigenvalue weighted by molar-refractivity contribution is 0.236. The number of thiophene rings is 1. The molecule has 0 saturated heterocycles. The molecule has 0 unspecified atom stereocenters. The van der Waals surface area contributed by atoms with Gasteiger partial charge in [0.25, 0.3) is 10.0 Å². The van der Waals surface area contributed by atoms with Gasteiger partial charge in [-0.25, -0.2) is 13.1 Å². The fourth-order valence-electron chi connectivity index (χ4n) is 1.41. The molecule has 0 fully saturated rings. The first-order valence-corrected chi connectivity index (χ1v) is 7.56. The molecule has 0 aliphatic heterocycles. The minimum atomic E-state index is -3.66. The highest BCUT2D eigenvalue weighted by atomic mass is 32.2. The standard InChI is InChI=1S/C11H13NO4S2/c1-8-2-4-10(17-8)6-12-18(14,15)11-5-3-9(7-13)16-11/h2-5,12-13H,6-7H2,1H3. The van der Waals surface area contributed by atoms with Crippen LogP contribution in [0.3, 0.4) is 0 Å². The van der Waals surface area contributed by atoms with Gasteiger partial charge in [-0.05, 0) is 31.2 Å². The summed E-state index contributed by atoms with van der Waals surface area (Å²) in [4.78, 5) is 2.06. The van der Waals surface area contributed by atoms with Crippen molar-refractivity contribution in [3.63, 3.8) is 0 Å². The number of hydrogen-bond donors (Lipinski definition) is 2. The Hall–Kier alpha value is -1.15. The predicted octanol–water partition coefficient (Wildman–Crippen LogP) is 1.62. The molecule has 5 nitrogen and oxygen atoms in total. The van der Waals surface area contributed by atoms with Gasteiger partial charge in [0, 0.05) is 16.3 Å². The largest absolute Gasteiger partial charge is 0.446 e. The average Bonchev–Trinajstić information content (AvgIpc) is 2.95. The molecule has 7 heteroatoms. The zero-order valence-corrected chi connectivity index (χ0v) is 11.3. The molecule has 98 valence electrons. The molecule has 0 radical (unpaired) electrons. The highest BCUT2D eigenvalue weighted by Gasteiger charge is 2.18. The second kappa shape index (κ2) is 5.23. The second-order valence-corrected chi connectivity index (χ2v) is 6.79. The third-order valence-electron chi connectivity index (χ3n) is 2.29. The van der Waals surface area contributed by atoms with Gasteiger partial charge in [-0.3, -0.25) is 0 Å². The summed E-state index contributed by atoms with van der Waals surface area (Å²) in [7, 11) is -3.66. The fourth-order valence-corrected chi connectivity index (χ4v) is 3.28. The summed E-state index contributed by atoms with van der Waals surface area (Å²) in [6, 6.07) is 6.58. The van der Waals surface area contributed by atoms with E-state index >= 15 is 0 Å². The van der Waals surface area contributed by atoms with Crippen LogP contribution in [-0.4, -0.2) is 13.5 Å². The van der Waals surface area contributed by atoms with Crippen molar-refractivity contribution < 1.29 is 17.9 Å². The van der Waals surface area contributed by atoms with Crippen molar-refractivity contribution >= 4 is 21.4 Å². The van der Waals surface area contributed by atoms with E-state index in [9.17, 15) is 8.42 Å². The summed E-state index contributed by atoms with van der Waals surface area (Å²) < 4.78 is 31.2. The molecule has 18 heavy (non-hydrogen) atoms. The van der Waals surface area contributed by atoms with Gasteiger partial charge in [-0.15, -0.1) is 11.3 Å². The van der Waals surface area contributed by atoms with Crippen LogP contribution in [0, 0.1) is 6.92 Å². The number of rotatable bonds is 5. The highest BCUT2D eigenvalue weighted by Crippen LogP contribution is 2.17. The smallest absolute Gasteiger partial charge is 0.274 e. The van der Waals surface area contributed by atoms with Crippen molar-refractivity contribution in [3.8, 4) is 0 Å². The molecule has 0 atom stereocenters. The Morgan fingerprint density at radius 1 is 1.33 bits per heavy atom. The van der Waals surface area contributed by atoms with Gasteiger partial charge in [0.2, 0.25) is 5.09 Å². The van der Waals surface area contributed by atoms with Gasteiger partial charge in [0.05, 0.1) is 0 Å². The van der Waals surface area contributed by atoms with E-state index in [-0.39, 0.29) is 24.0 Å². The summed E-state index contributed by atoms with van der Waals surface area (Å²) in [6.45, 7) is 1.87. The van der Waals surface area contributed by atoms with Crippen molar-refractivity contribution in [3.05, 3.63) is 39.8 Å². The summed E-state index contributed by atoms with van der Waals surface area (Å²) in [6.07, 6.45) is 0. The SMILES string of the molecule is Cc1ccc(CNS(=O)(=O)c2ccc(CO)o2)s1. The molecule has 0 bridgehead atoms. The lowest BCUT2D eigenvalue weighted by Crippen LogP contribution is -2.22. The van der Waals surface area contributed by atoms with E-state index in [4.69, 9.17) is 9.52 Å². The maximum absolute atomic E-state index is 11.9.